The molecule has 0 saturated carbocycles. The molecule has 0 bridgehead atoms. The Morgan fingerprint density at radius 3 is 2.78 bits per heavy atom. The van der Waals surface area contributed by atoms with Gasteiger partial charge in [-0.1, -0.05) is 18.6 Å². The van der Waals surface area contributed by atoms with Crippen LogP contribution in [0.4, 0.5) is 0 Å². The minimum atomic E-state index is -0.445. The van der Waals surface area contributed by atoms with Crippen LogP contribution in [0.3, 0.4) is 0 Å². The van der Waals surface area contributed by atoms with Crippen LogP contribution in [0, 0.1) is 6.92 Å². The van der Waals surface area contributed by atoms with E-state index >= 15 is 0 Å². The molecule has 0 aromatic carbocycles. The van der Waals surface area contributed by atoms with Crippen molar-refractivity contribution in [2.75, 3.05) is 20.3 Å². The van der Waals surface area contributed by atoms with Gasteiger partial charge in [0.05, 0.1) is 18.3 Å². The summed E-state index contributed by atoms with van der Waals surface area (Å²) in [5.74, 6) is -0.445. The first-order valence-corrected chi connectivity index (χ1v) is 6.19. The van der Waals surface area contributed by atoms with Crippen molar-refractivity contribution in [3.63, 3.8) is 0 Å². The van der Waals surface area contributed by atoms with Crippen molar-refractivity contribution in [2.24, 2.45) is 0 Å². The minimum absolute atomic E-state index is 0.228. The Labute approximate surface area is 107 Å². The van der Waals surface area contributed by atoms with E-state index in [0.717, 1.165) is 18.5 Å². The number of methoxy groups -OCH3 is 1. The van der Waals surface area contributed by atoms with Crippen molar-refractivity contribution in [1.82, 2.24) is 15.0 Å². The highest BCUT2D eigenvalue weighted by Gasteiger charge is 2.19. The van der Waals surface area contributed by atoms with Gasteiger partial charge in [-0.25, -0.2) is 9.48 Å². The maximum Gasteiger partial charge on any atom is 0.360 e. The summed E-state index contributed by atoms with van der Waals surface area (Å²) in [6.45, 7) is 6.62. The lowest BCUT2D eigenvalue weighted by Gasteiger charge is -2.11. The number of esters is 1. The summed E-state index contributed by atoms with van der Waals surface area (Å²) in [5, 5.41) is 7.91. The second-order valence-corrected chi connectivity index (χ2v) is 4.23. The topological polar surface area (TPSA) is 66.2 Å². The zero-order chi connectivity index (χ0) is 13.5. The van der Waals surface area contributed by atoms with E-state index in [2.05, 4.69) is 24.2 Å². The average molecular weight is 255 g/mol. The van der Waals surface area contributed by atoms with Gasteiger partial charge >= 0.3 is 5.97 Å². The summed E-state index contributed by atoms with van der Waals surface area (Å²) < 4.78 is 11.6. The molecule has 0 aliphatic heterocycles. The molecule has 0 radical (unpaired) electrons. The van der Waals surface area contributed by atoms with Gasteiger partial charge in [-0.2, -0.15) is 0 Å². The van der Waals surface area contributed by atoms with Crippen LogP contribution < -0.4 is 0 Å². The van der Waals surface area contributed by atoms with Gasteiger partial charge in [-0.3, -0.25) is 0 Å². The number of carbonyl (C=O) groups excluding carboxylic acids is 1. The smallest absolute Gasteiger partial charge is 0.360 e. The predicted molar refractivity (Wildman–Crippen MR) is 66.5 cm³/mol. The molecule has 0 spiro atoms. The fourth-order valence-electron chi connectivity index (χ4n) is 1.77. The predicted octanol–water partition coefficient (Wildman–Crippen LogP) is 1.75. The highest BCUT2D eigenvalue weighted by Crippen LogP contribution is 2.16. The van der Waals surface area contributed by atoms with Gasteiger partial charge < -0.3 is 9.47 Å². The van der Waals surface area contributed by atoms with Gasteiger partial charge in [0.15, 0.2) is 5.69 Å². The SMILES string of the molecule is CCCC(C)n1nnc(C(=O)OCCOC)c1C. The summed E-state index contributed by atoms with van der Waals surface area (Å²) in [7, 11) is 1.56. The Hall–Kier alpha value is -1.43. The van der Waals surface area contributed by atoms with Gasteiger partial charge in [0.1, 0.15) is 6.61 Å². The molecule has 1 rings (SSSR count). The lowest BCUT2D eigenvalue weighted by Crippen LogP contribution is -2.13. The van der Waals surface area contributed by atoms with E-state index in [1.54, 1.807) is 11.8 Å². The Bertz CT molecular complexity index is 390. The largest absolute Gasteiger partial charge is 0.458 e. The molecule has 0 fully saturated rings. The van der Waals surface area contributed by atoms with E-state index < -0.39 is 5.97 Å². The van der Waals surface area contributed by atoms with Crippen molar-refractivity contribution in [3.8, 4) is 0 Å². The van der Waals surface area contributed by atoms with Crippen molar-refractivity contribution >= 4 is 5.97 Å². The van der Waals surface area contributed by atoms with E-state index in [9.17, 15) is 4.79 Å². The Morgan fingerprint density at radius 1 is 1.44 bits per heavy atom. The fourth-order valence-corrected chi connectivity index (χ4v) is 1.77. The second-order valence-electron chi connectivity index (χ2n) is 4.23. The highest BCUT2D eigenvalue weighted by atomic mass is 16.6. The summed E-state index contributed by atoms with van der Waals surface area (Å²) >= 11 is 0. The van der Waals surface area contributed by atoms with E-state index in [-0.39, 0.29) is 18.3 Å². The molecule has 1 unspecified atom stereocenters. The summed E-state index contributed by atoms with van der Waals surface area (Å²) in [6, 6.07) is 0.239. The van der Waals surface area contributed by atoms with Gasteiger partial charge in [-0.05, 0) is 20.3 Å². The zero-order valence-corrected chi connectivity index (χ0v) is 11.5. The van der Waals surface area contributed by atoms with Gasteiger partial charge in [0.2, 0.25) is 0 Å². The first-order valence-electron chi connectivity index (χ1n) is 6.19. The molecule has 0 saturated heterocycles. The monoisotopic (exact) mass is 255 g/mol. The number of ether oxygens (including phenoxy) is 2. The molecule has 18 heavy (non-hydrogen) atoms. The molecule has 1 aromatic heterocycles. The van der Waals surface area contributed by atoms with Crippen molar-refractivity contribution in [3.05, 3.63) is 11.4 Å². The van der Waals surface area contributed by atoms with E-state index in [1.807, 2.05) is 6.92 Å². The number of rotatable bonds is 7. The van der Waals surface area contributed by atoms with Crippen LogP contribution in [0.5, 0.6) is 0 Å². The first kappa shape index (κ1) is 14.6. The standard InChI is InChI=1S/C12H21N3O3/c1-5-6-9(2)15-10(3)11(13-14-15)12(16)18-8-7-17-4/h9H,5-8H2,1-4H3. The van der Waals surface area contributed by atoms with Gasteiger partial charge in [-0.15, -0.1) is 5.10 Å². The Morgan fingerprint density at radius 2 is 2.17 bits per heavy atom. The number of nitrogens with zero attached hydrogens (tertiary/aromatic N) is 3. The van der Waals surface area contributed by atoms with E-state index in [4.69, 9.17) is 9.47 Å². The van der Waals surface area contributed by atoms with Crippen LogP contribution in [0.15, 0.2) is 0 Å². The van der Waals surface area contributed by atoms with Gasteiger partial charge in [0.25, 0.3) is 0 Å². The van der Waals surface area contributed by atoms with E-state index in [1.165, 1.54) is 0 Å². The molecule has 0 aliphatic carbocycles. The average Bonchev–Trinajstić information content (AvgIpc) is 2.71. The van der Waals surface area contributed by atoms with Crippen LogP contribution in [0.2, 0.25) is 0 Å². The molecule has 6 heteroatoms. The number of hydrogen-bond donors (Lipinski definition) is 0. The van der Waals surface area contributed by atoms with Crippen LogP contribution in [0.25, 0.3) is 0 Å². The second kappa shape index (κ2) is 7.10. The molecule has 0 amide bonds. The molecule has 0 N–H and O–H groups in total. The fraction of sp³-hybridized carbons (Fsp3) is 0.750. The highest BCUT2D eigenvalue weighted by molar-refractivity contribution is 5.88. The third kappa shape index (κ3) is 3.53. The van der Waals surface area contributed by atoms with Crippen LogP contribution in [0.1, 0.15) is 48.9 Å². The normalized spacial score (nSPS) is 12.4. The summed E-state index contributed by atoms with van der Waals surface area (Å²) in [5.41, 5.74) is 1.03. The summed E-state index contributed by atoms with van der Waals surface area (Å²) in [6.07, 6.45) is 2.07. The maximum atomic E-state index is 11.7. The van der Waals surface area contributed by atoms with Crippen LogP contribution >= 0.6 is 0 Å². The molecule has 1 aromatic rings. The summed E-state index contributed by atoms with van der Waals surface area (Å²) in [4.78, 5) is 11.7. The van der Waals surface area contributed by atoms with Crippen LogP contribution in [-0.4, -0.2) is 41.3 Å². The number of aromatic nitrogens is 3. The lowest BCUT2D eigenvalue weighted by molar-refractivity contribution is 0.0380. The third-order valence-electron chi connectivity index (χ3n) is 2.77. The number of carbonyl (C=O) groups is 1. The molecule has 0 aliphatic rings. The molecule has 6 nitrogen and oxygen atoms in total. The van der Waals surface area contributed by atoms with Crippen molar-refractivity contribution in [2.45, 2.75) is 39.7 Å². The zero-order valence-electron chi connectivity index (χ0n) is 11.5. The lowest BCUT2D eigenvalue weighted by atomic mass is 10.2. The minimum Gasteiger partial charge on any atom is -0.458 e. The quantitative estimate of drug-likeness (QED) is 0.548. The first-order chi connectivity index (χ1) is 8.61. The Kier molecular flexibility index (Phi) is 5.77. The maximum absolute atomic E-state index is 11.7. The van der Waals surface area contributed by atoms with E-state index in [0.29, 0.717) is 6.61 Å². The van der Waals surface area contributed by atoms with Crippen molar-refractivity contribution < 1.29 is 14.3 Å². The third-order valence-corrected chi connectivity index (χ3v) is 2.77. The van der Waals surface area contributed by atoms with Crippen LogP contribution in [-0.2, 0) is 9.47 Å². The van der Waals surface area contributed by atoms with Gasteiger partial charge in [0, 0.05) is 7.11 Å². The molecular formula is C12H21N3O3. The van der Waals surface area contributed by atoms with Crippen molar-refractivity contribution in [1.29, 1.82) is 0 Å². The molecule has 102 valence electrons. The molecule has 1 atom stereocenters. The Balaban J connectivity index is 2.70. The molecular weight excluding hydrogens is 234 g/mol. The number of hydrogen-bond acceptors (Lipinski definition) is 5. The molecule has 1 heterocycles.